The summed E-state index contributed by atoms with van der Waals surface area (Å²) in [6.07, 6.45) is 4.30. The number of methoxy groups -OCH3 is 1. The fourth-order valence-corrected chi connectivity index (χ4v) is 6.57. The number of ether oxygens (including phenoxy) is 3. The van der Waals surface area contributed by atoms with Crippen molar-refractivity contribution in [1.82, 2.24) is 4.90 Å². The molecule has 206 valence electrons. The Hall–Kier alpha value is -2.90. The van der Waals surface area contributed by atoms with Gasteiger partial charge in [0.05, 0.1) is 17.7 Å². The van der Waals surface area contributed by atoms with E-state index in [1.165, 1.54) is 5.56 Å². The first-order valence-corrected chi connectivity index (χ1v) is 14.7. The lowest BCUT2D eigenvalue weighted by Gasteiger charge is -2.44. The largest absolute Gasteiger partial charge is 0.490 e. The van der Waals surface area contributed by atoms with Crippen molar-refractivity contribution in [3.63, 3.8) is 0 Å². The molecule has 0 N–H and O–H groups in total. The Morgan fingerprint density at radius 1 is 0.923 bits per heavy atom. The third-order valence-electron chi connectivity index (χ3n) is 7.77. The van der Waals surface area contributed by atoms with Crippen LogP contribution in [0.2, 0.25) is 0 Å². The Morgan fingerprint density at radius 3 is 2.15 bits per heavy atom. The first kappa shape index (κ1) is 27.7. The minimum absolute atomic E-state index is 0.127. The molecule has 0 unspecified atom stereocenters. The molecule has 0 amide bonds. The minimum Gasteiger partial charge on any atom is -0.490 e. The highest BCUT2D eigenvalue weighted by Crippen LogP contribution is 2.51. The van der Waals surface area contributed by atoms with Crippen LogP contribution in [0.1, 0.15) is 68.1 Å². The van der Waals surface area contributed by atoms with Gasteiger partial charge in [-0.1, -0.05) is 29.8 Å². The van der Waals surface area contributed by atoms with Crippen LogP contribution >= 0.6 is 15.9 Å². The molecule has 0 radical (unpaired) electrons. The second kappa shape index (κ2) is 12.1. The van der Waals surface area contributed by atoms with Crippen LogP contribution in [0.15, 0.2) is 63.4 Å². The lowest BCUT2D eigenvalue weighted by atomic mass is 9.71. The first-order valence-electron chi connectivity index (χ1n) is 13.9. The smallest absolute Gasteiger partial charge is 0.175 e. The summed E-state index contributed by atoms with van der Waals surface area (Å²) in [7, 11) is 1.69. The van der Waals surface area contributed by atoms with Crippen molar-refractivity contribution in [2.45, 2.75) is 64.9 Å². The highest BCUT2D eigenvalue weighted by Gasteiger charge is 2.43. The maximum Gasteiger partial charge on any atom is 0.175 e. The highest BCUT2D eigenvalue weighted by molar-refractivity contribution is 9.10. The SMILES string of the molecule is CCOc1cc(C2C3=C(CCCC3=O)N(CCOC)C3=C2C(=O)CCC3)cc(Br)c1OCc1ccc(C)cc1. The van der Waals surface area contributed by atoms with Gasteiger partial charge in [0, 0.05) is 55.0 Å². The number of rotatable bonds is 9. The van der Waals surface area contributed by atoms with Crippen molar-refractivity contribution < 1.29 is 23.8 Å². The summed E-state index contributed by atoms with van der Waals surface area (Å²) in [4.78, 5) is 29.3. The number of hydrogen-bond donors (Lipinski definition) is 0. The topological polar surface area (TPSA) is 65.1 Å². The van der Waals surface area contributed by atoms with E-state index < -0.39 is 5.92 Å². The van der Waals surface area contributed by atoms with Crippen LogP contribution in [0.4, 0.5) is 0 Å². The van der Waals surface area contributed by atoms with Gasteiger partial charge < -0.3 is 19.1 Å². The average Bonchev–Trinajstić information content (AvgIpc) is 2.92. The molecule has 0 fully saturated rings. The first-order chi connectivity index (χ1) is 18.9. The minimum atomic E-state index is -0.406. The average molecular weight is 595 g/mol. The summed E-state index contributed by atoms with van der Waals surface area (Å²) in [5.74, 6) is 1.07. The zero-order valence-corrected chi connectivity index (χ0v) is 24.6. The van der Waals surface area contributed by atoms with E-state index in [1.54, 1.807) is 7.11 Å². The molecule has 0 aromatic heterocycles. The van der Waals surface area contributed by atoms with Gasteiger partial charge in [0.2, 0.25) is 0 Å². The Morgan fingerprint density at radius 2 is 1.56 bits per heavy atom. The molecule has 2 aromatic rings. The number of halogens is 1. The summed E-state index contributed by atoms with van der Waals surface area (Å²) in [5, 5.41) is 0. The van der Waals surface area contributed by atoms with Crippen LogP contribution in [0.3, 0.4) is 0 Å². The molecular weight excluding hydrogens is 558 g/mol. The molecule has 3 aliphatic rings. The van der Waals surface area contributed by atoms with Gasteiger partial charge in [-0.25, -0.2) is 0 Å². The van der Waals surface area contributed by atoms with E-state index >= 15 is 0 Å². The van der Waals surface area contributed by atoms with Gasteiger partial charge in [0.25, 0.3) is 0 Å². The molecule has 0 spiro atoms. The number of carbonyl (C=O) groups excluding carboxylic acids is 2. The van der Waals surface area contributed by atoms with Crippen molar-refractivity contribution >= 4 is 27.5 Å². The van der Waals surface area contributed by atoms with Crippen molar-refractivity contribution in [3.8, 4) is 11.5 Å². The highest BCUT2D eigenvalue weighted by atomic mass is 79.9. The van der Waals surface area contributed by atoms with Gasteiger partial charge >= 0.3 is 0 Å². The lowest BCUT2D eigenvalue weighted by molar-refractivity contribution is -0.117. The summed E-state index contributed by atoms with van der Waals surface area (Å²) < 4.78 is 18.5. The monoisotopic (exact) mass is 593 g/mol. The van der Waals surface area contributed by atoms with E-state index in [1.807, 2.05) is 19.1 Å². The fourth-order valence-electron chi connectivity index (χ4n) is 6.00. The number of allylic oxidation sites excluding steroid dienone is 4. The second-order valence-corrected chi connectivity index (χ2v) is 11.2. The van der Waals surface area contributed by atoms with Crippen molar-refractivity contribution in [2.75, 3.05) is 26.9 Å². The number of hydrogen-bond acceptors (Lipinski definition) is 6. The molecule has 5 rings (SSSR count). The van der Waals surface area contributed by atoms with Gasteiger partial charge in [0.1, 0.15) is 6.61 Å². The Labute approximate surface area is 239 Å². The zero-order valence-electron chi connectivity index (χ0n) is 23.0. The summed E-state index contributed by atoms with van der Waals surface area (Å²) in [5.41, 5.74) is 6.76. The van der Waals surface area contributed by atoms with Gasteiger partial charge in [-0.3, -0.25) is 9.59 Å². The van der Waals surface area contributed by atoms with Gasteiger partial charge in [0.15, 0.2) is 23.1 Å². The number of ketones is 2. The number of Topliss-reactive ketones (excluding diaryl/α,β-unsaturated/α-hetero) is 2. The molecule has 1 aliphatic heterocycles. The molecule has 2 aromatic carbocycles. The quantitative estimate of drug-likeness (QED) is 0.319. The molecule has 7 heteroatoms. The molecule has 6 nitrogen and oxygen atoms in total. The van der Waals surface area contributed by atoms with Gasteiger partial charge in [-0.15, -0.1) is 0 Å². The summed E-state index contributed by atoms with van der Waals surface area (Å²) in [6.45, 7) is 6.04. The number of benzene rings is 2. The van der Waals surface area contributed by atoms with E-state index in [2.05, 4.69) is 52.0 Å². The van der Waals surface area contributed by atoms with E-state index in [9.17, 15) is 9.59 Å². The Kier molecular flexibility index (Phi) is 8.57. The molecule has 39 heavy (non-hydrogen) atoms. The van der Waals surface area contributed by atoms with Crippen molar-refractivity contribution in [2.24, 2.45) is 0 Å². The van der Waals surface area contributed by atoms with Crippen LogP contribution in [0.5, 0.6) is 11.5 Å². The van der Waals surface area contributed by atoms with E-state index in [0.29, 0.717) is 50.7 Å². The Balaban J connectivity index is 1.60. The van der Waals surface area contributed by atoms with Crippen LogP contribution < -0.4 is 9.47 Å². The zero-order chi connectivity index (χ0) is 27.5. The van der Waals surface area contributed by atoms with E-state index in [-0.39, 0.29) is 11.6 Å². The number of nitrogens with zero attached hydrogens (tertiary/aromatic N) is 1. The van der Waals surface area contributed by atoms with Crippen molar-refractivity contribution in [3.05, 3.63) is 80.1 Å². The third kappa shape index (κ3) is 5.57. The van der Waals surface area contributed by atoms with Gasteiger partial charge in [-0.2, -0.15) is 0 Å². The second-order valence-electron chi connectivity index (χ2n) is 10.4. The van der Waals surface area contributed by atoms with E-state index in [4.69, 9.17) is 14.2 Å². The maximum absolute atomic E-state index is 13.5. The third-order valence-corrected chi connectivity index (χ3v) is 8.36. The van der Waals surface area contributed by atoms with Gasteiger partial charge in [-0.05, 0) is 78.7 Å². The predicted octanol–water partition coefficient (Wildman–Crippen LogP) is 6.80. The molecule has 2 aliphatic carbocycles. The molecule has 0 saturated carbocycles. The fraction of sp³-hybridized carbons (Fsp3) is 0.438. The van der Waals surface area contributed by atoms with Crippen LogP contribution in [0.25, 0.3) is 0 Å². The molecule has 0 bridgehead atoms. The van der Waals surface area contributed by atoms with Crippen LogP contribution in [-0.2, 0) is 20.9 Å². The predicted molar refractivity (Wildman–Crippen MR) is 154 cm³/mol. The maximum atomic E-state index is 13.5. The molecule has 0 saturated heterocycles. The molecule has 0 atom stereocenters. The number of carbonyl (C=O) groups is 2. The molecule has 1 heterocycles. The Bertz CT molecular complexity index is 1280. The lowest BCUT2D eigenvalue weighted by Crippen LogP contribution is -2.40. The number of aryl methyl sites for hydroxylation is 1. The van der Waals surface area contributed by atoms with Crippen molar-refractivity contribution in [1.29, 1.82) is 0 Å². The van der Waals surface area contributed by atoms with Crippen LogP contribution in [0, 0.1) is 6.92 Å². The summed E-state index contributed by atoms with van der Waals surface area (Å²) >= 11 is 3.74. The summed E-state index contributed by atoms with van der Waals surface area (Å²) in [6, 6.07) is 12.2. The van der Waals surface area contributed by atoms with Crippen LogP contribution in [-0.4, -0.2) is 43.3 Å². The normalized spacial score (nSPS) is 17.9. The molecular formula is C32H36BrNO5. The standard InChI is InChI=1S/C32H36BrNO5/c1-4-38-28-18-22(17-23(33)32(28)39-19-21-13-11-20(2)12-14-21)29-30-24(7-5-9-26(30)35)34(15-16-37-3)25-8-6-10-27(36)31(25)29/h11-14,17-18,29H,4-10,15-16,19H2,1-3H3. The van der Waals surface area contributed by atoms with E-state index in [0.717, 1.165) is 63.8 Å².